The molecule has 11 nitrogen and oxygen atoms in total. The number of tetrazole rings is 1. The van der Waals surface area contributed by atoms with Gasteiger partial charge in [0.1, 0.15) is 11.6 Å². The van der Waals surface area contributed by atoms with Gasteiger partial charge in [0.15, 0.2) is 5.82 Å². The van der Waals surface area contributed by atoms with Gasteiger partial charge in [0.25, 0.3) is 5.56 Å². The van der Waals surface area contributed by atoms with E-state index in [0.29, 0.717) is 36.3 Å². The quantitative estimate of drug-likeness (QED) is 0.0412. The largest absolute Gasteiger partial charge is 0.467 e. The molecule has 0 aliphatic carbocycles. The molecule has 0 aliphatic heterocycles. The minimum absolute atomic E-state index is 0.186. The van der Waals surface area contributed by atoms with E-state index in [0.717, 1.165) is 51.8 Å². The highest BCUT2D eigenvalue weighted by Gasteiger charge is 2.42. The highest BCUT2D eigenvalue weighted by Crippen LogP contribution is 2.43. The maximum atomic E-state index is 14.5. The van der Waals surface area contributed by atoms with Crippen molar-refractivity contribution >= 4 is 18.3 Å². The third-order valence-electron chi connectivity index (χ3n) is 10.8. The van der Waals surface area contributed by atoms with E-state index in [9.17, 15) is 9.59 Å². The van der Waals surface area contributed by atoms with Crippen molar-refractivity contribution in [1.82, 2.24) is 34.7 Å². The lowest BCUT2D eigenvalue weighted by Crippen LogP contribution is -2.39. The highest BCUT2D eigenvalue weighted by molar-refractivity contribution is 5.81. The number of hydrogen-bond donors (Lipinski definition) is 0. The molecule has 0 bridgehead atoms. The number of esters is 1. The molecule has 11 heteroatoms. The zero-order valence-corrected chi connectivity index (χ0v) is 34.8. The van der Waals surface area contributed by atoms with Crippen LogP contribution in [0.2, 0.25) is 0 Å². The monoisotopic (exact) mass is 798 g/mol. The molecule has 0 saturated carbocycles. The summed E-state index contributed by atoms with van der Waals surface area (Å²) in [4.78, 5) is 38.8. The van der Waals surface area contributed by atoms with Crippen LogP contribution in [0.5, 0.6) is 0 Å². The van der Waals surface area contributed by atoms with Gasteiger partial charge in [0, 0.05) is 31.6 Å². The molecular formula is C49H50N8O3. The van der Waals surface area contributed by atoms with E-state index >= 15 is 0 Å². The summed E-state index contributed by atoms with van der Waals surface area (Å²) in [7, 11) is 5.01. The minimum Gasteiger partial charge on any atom is -0.467 e. The zero-order valence-electron chi connectivity index (χ0n) is 34.8. The molecule has 0 fully saturated rings. The van der Waals surface area contributed by atoms with Crippen molar-refractivity contribution < 1.29 is 9.53 Å². The lowest BCUT2D eigenvalue weighted by atomic mass is 9.77. The van der Waals surface area contributed by atoms with Gasteiger partial charge < -0.3 is 9.64 Å². The molecule has 0 saturated heterocycles. The number of nitrogens with zero attached hydrogens (tertiary/aromatic N) is 8. The Hall–Kier alpha value is -7.01. The molecule has 304 valence electrons. The molecule has 0 radical (unpaired) electrons. The second-order valence-corrected chi connectivity index (χ2v) is 14.9. The number of methoxy groups -OCH3 is 1. The lowest BCUT2D eigenvalue weighted by Gasteiger charge is -2.36. The average Bonchev–Trinajstić information content (AvgIpc) is 3.78. The first-order chi connectivity index (χ1) is 29.3. The Morgan fingerprint density at radius 2 is 1.37 bits per heavy atom. The van der Waals surface area contributed by atoms with Crippen LogP contribution in [0.3, 0.4) is 0 Å². The van der Waals surface area contributed by atoms with Crippen LogP contribution in [0.15, 0.2) is 149 Å². The first kappa shape index (κ1) is 41.2. The predicted molar refractivity (Wildman–Crippen MR) is 236 cm³/mol. The fourth-order valence-corrected chi connectivity index (χ4v) is 7.88. The fraction of sp³-hybridized carbons (Fsp3) is 0.245. The lowest BCUT2D eigenvalue weighted by molar-refractivity contribution is -0.144. The molecule has 1 atom stereocenters. The molecular weight excluding hydrogens is 749 g/mol. The van der Waals surface area contributed by atoms with E-state index in [1.807, 2.05) is 105 Å². The van der Waals surface area contributed by atoms with Crippen molar-refractivity contribution in [2.24, 2.45) is 4.99 Å². The average molecular weight is 799 g/mol. The summed E-state index contributed by atoms with van der Waals surface area (Å²) in [6.45, 7) is 3.95. The second-order valence-electron chi connectivity index (χ2n) is 14.9. The van der Waals surface area contributed by atoms with Crippen LogP contribution in [0.25, 0.3) is 22.5 Å². The number of carbonyl (C=O) groups excluding carboxylic acids is 1. The molecule has 7 rings (SSSR count). The summed E-state index contributed by atoms with van der Waals surface area (Å²) in [6, 6.07) is 46.5. The van der Waals surface area contributed by atoms with Gasteiger partial charge >= 0.3 is 5.97 Å². The standard InChI is InChI=1S/C49H50N8O3/c1-6-8-28-43-42(46(58)56(44(7-2)47(59)60-5)48(51-43)50-34-55(3)4)33-35-29-31-36(32-30-35)40-26-18-19-27-41(40)45-52-53-54-57(45)49(37-20-12-9-13-21-37,38-22-14-10-15-23-38)39-24-16-11-17-25-39/h9-27,29-32,34,44H,6-8,28,33H2,1-5H3. The number of aryl methyl sites for hydroxylation is 1. The van der Waals surface area contributed by atoms with Gasteiger partial charge in [-0.05, 0) is 63.1 Å². The van der Waals surface area contributed by atoms with E-state index in [-0.39, 0.29) is 11.5 Å². The number of carbonyl (C=O) groups is 1. The van der Waals surface area contributed by atoms with Crippen LogP contribution >= 0.6 is 0 Å². The van der Waals surface area contributed by atoms with Gasteiger partial charge in [-0.25, -0.2) is 19.5 Å². The Morgan fingerprint density at radius 3 is 1.90 bits per heavy atom. The Balaban J connectivity index is 1.33. The van der Waals surface area contributed by atoms with E-state index in [4.69, 9.17) is 20.0 Å². The third-order valence-corrected chi connectivity index (χ3v) is 10.8. The minimum atomic E-state index is -0.909. The summed E-state index contributed by atoms with van der Waals surface area (Å²) >= 11 is 0. The fourth-order valence-electron chi connectivity index (χ4n) is 7.88. The first-order valence-corrected chi connectivity index (χ1v) is 20.4. The van der Waals surface area contributed by atoms with Crippen molar-refractivity contribution in [1.29, 1.82) is 0 Å². The predicted octanol–water partition coefficient (Wildman–Crippen LogP) is 8.68. The van der Waals surface area contributed by atoms with E-state index in [1.54, 1.807) is 11.2 Å². The molecule has 2 heterocycles. The normalized spacial score (nSPS) is 12.1. The molecule has 60 heavy (non-hydrogen) atoms. The smallest absolute Gasteiger partial charge is 0.329 e. The number of ether oxygens (including phenoxy) is 1. The van der Waals surface area contributed by atoms with Gasteiger partial charge in [-0.3, -0.25) is 9.36 Å². The van der Waals surface area contributed by atoms with Gasteiger partial charge in [0.05, 0.1) is 19.1 Å². The molecule has 0 spiro atoms. The molecule has 0 aliphatic rings. The second kappa shape index (κ2) is 18.7. The number of unbranched alkanes of at least 4 members (excludes halogenated alkanes) is 1. The third kappa shape index (κ3) is 8.16. The molecule has 1 unspecified atom stereocenters. The van der Waals surface area contributed by atoms with Gasteiger partial charge in [-0.1, -0.05) is 160 Å². The van der Waals surface area contributed by atoms with Crippen molar-refractivity contribution in [3.05, 3.63) is 183 Å². The number of rotatable bonds is 16. The van der Waals surface area contributed by atoms with Crippen molar-refractivity contribution in [2.75, 3.05) is 21.2 Å². The molecule has 0 N–H and O–H groups in total. The molecule has 7 aromatic rings. The zero-order chi connectivity index (χ0) is 42.1. The van der Waals surface area contributed by atoms with Crippen molar-refractivity contribution in [3.63, 3.8) is 0 Å². The Kier molecular flexibility index (Phi) is 12.8. The highest BCUT2D eigenvalue weighted by atomic mass is 16.5. The molecule has 0 amide bonds. The van der Waals surface area contributed by atoms with E-state index < -0.39 is 17.6 Å². The van der Waals surface area contributed by atoms with E-state index in [2.05, 4.69) is 77.8 Å². The van der Waals surface area contributed by atoms with Crippen molar-refractivity contribution in [2.45, 2.75) is 57.5 Å². The van der Waals surface area contributed by atoms with Gasteiger partial charge in [-0.15, -0.1) is 5.10 Å². The summed E-state index contributed by atoms with van der Waals surface area (Å²) in [5, 5.41) is 13.8. The number of aromatic nitrogens is 6. The van der Waals surface area contributed by atoms with Gasteiger partial charge in [-0.2, -0.15) is 0 Å². The number of aliphatic imine (C=N–C) groups is 1. The summed E-state index contributed by atoms with van der Waals surface area (Å²) in [5.74, 6) is 0.273. The summed E-state index contributed by atoms with van der Waals surface area (Å²) in [6.07, 6.45) is 4.65. The topological polar surface area (TPSA) is 120 Å². The van der Waals surface area contributed by atoms with Crippen LogP contribution in [0.1, 0.15) is 72.7 Å². The maximum absolute atomic E-state index is 14.5. The van der Waals surface area contributed by atoms with Crippen LogP contribution in [0.4, 0.5) is 5.95 Å². The summed E-state index contributed by atoms with van der Waals surface area (Å²) in [5.41, 5.74) is 6.76. The first-order valence-electron chi connectivity index (χ1n) is 20.4. The Morgan fingerprint density at radius 1 is 0.800 bits per heavy atom. The van der Waals surface area contributed by atoms with Gasteiger partial charge in [0.2, 0.25) is 5.95 Å². The Labute approximate surface area is 351 Å². The maximum Gasteiger partial charge on any atom is 0.329 e. The van der Waals surface area contributed by atoms with Crippen LogP contribution in [-0.2, 0) is 27.9 Å². The van der Waals surface area contributed by atoms with Crippen molar-refractivity contribution in [3.8, 4) is 22.5 Å². The summed E-state index contributed by atoms with van der Waals surface area (Å²) < 4.78 is 8.47. The SMILES string of the molecule is CCCCc1nc(N=CN(C)C)n(C(CC)C(=O)OC)c(=O)c1Cc1ccc(-c2ccccc2-c2nnnn2C(c2ccccc2)(c2ccccc2)c2ccccc2)cc1. The molecule has 5 aromatic carbocycles. The number of benzene rings is 5. The number of hydrogen-bond acceptors (Lipinski definition) is 8. The van der Waals surface area contributed by atoms with Crippen LogP contribution in [0, 0.1) is 0 Å². The van der Waals surface area contributed by atoms with Crippen LogP contribution < -0.4 is 5.56 Å². The van der Waals surface area contributed by atoms with E-state index in [1.165, 1.54) is 11.7 Å². The Bertz CT molecular complexity index is 2510. The van der Waals surface area contributed by atoms with Crippen LogP contribution in [-0.4, -0.2) is 68.2 Å². The molecule has 2 aromatic heterocycles.